The van der Waals surface area contributed by atoms with E-state index in [-0.39, 0.29) is 0 Å². The number of furan rings is 1. The molecule has 0 unspecified atom stereocenters. The van der Waals surface area contributed by atoms with Crippen LogP contribution < -0.4 is 0 Å². The standard InChI is InChI=1S/2C10H9N.C9H9N.2C5H7N.C5H6O.C5H6S/c1-8-4-5-9-3-2-6-11-10(9)7-8;1-8-6-7-9-4-2-3-5-10(9)11-8;1-10-7-6-8-4-2-3-5-9(8)10;1-6-4-2-3-5-6;3*1-5-3-2-4-6-5/h2*2-7H,1H3;2-7H,1H3;2-5H,1H3;2-4,6H,1H3;2*2-4H,1H3. The van der Waals surface area contributed by atoms with Crippen LogP contribution in [-0.4, -0.2) is 24.1 Å². The third-order valence-electron chi connectivity index (χ3n) is 8.13. The quantitative estimate of drug-likeness (QED) is 0.167. The first kappa shape index (κ1) is 42.3. The largest absolute Gasteiger partial charge is 0.470 e. The number of benzene rings is 3. The van der Waals surface area contributed by atoms with E-state index in [0.29, 0.717) is 0 Å². The number of H-pyrrole nitrogens is 1. The molecule has 0 amide bonds. The van der Waals surface area contributed by atoms with Gasteiger partial charge in [-0.1, -0.05) is 66.7 Å². The van der Waals surface area contributed by atoms with Crippen molar-refractivity contribution in [1.29, 1.82) is 0 Å². The van der Waals surface area contributed by atoms with Crippen molar-refractivity contribution in [3.8, 4) is 0 Å². The molecule has 0 spiro atoms. The Kier molecular flexibility index (Phi) is 17.7. The highest BCUT2D eigenvalue weighted by atomic mass is 32.1. The van der Waals surface area contributed by atoms with Gasteiger partial charge in [0.05, 0.1) is 17.3 Å². The Bertz CT molecular complexity index is 2290. The Morgan fingerprint density at radius 3 is 1.86 bits per heavy atom. The van der Waals surface area contributed by atoms with Gasteiger partial charge < -0.3 is 18.5 Å². The van der Waals surface area contributed by atoms with Crippen molar-refractivity contribution in [3.05, 3.63) is 216 Å². The first-order chi connectivity index (χ1) is 27.2. The van der Waals surface area contributed by atoms with E-state index in [1.807, 2.05) is 124 Å². The molecule has 10 aromatic rings. The lowest BCUT2D eigenvalue weighted by Gasteiger charge is -1.95. The molecule has 0 atom stereocenters. The number of hydrogen-bond donors (Lipinski definition) is 1. The van der Waals surface area contributed by atoms with Crippen LogP contribution in [0.25, 0.3) is 32.7 Å². The molecule has 0 saturated carbocycles. The SMILES string of the molecule is Cc1ccc2ccccc2n1.Cc1ccc2cccnc2c1.Cc1ccc[nH]1.Cc1ccco1.Cc1cccs1.Cn1ccc2ccccc21.Cn1cccc1. The second-order valence-electron chi connectivity index (χ2n) is 13.0. The molecule has 7 heteroatoms. The van der Waals surface area contributed by atoms with Crippen LogP contribution in [0.3, 0.4) is 0 Å². The fourth-order valence-corrected chi connectivity index (χ4v) is 5.66. The number of aromatic amines is 1. The fraction of sp³-hybridized carbons (Fsp3) is 0.143. The molecule has 0 bridgehead atoms. The van der Waals surface area contributed by atoms with Gasteiger partial charge in [0.15, 0.2) is 0 Å². The summed E-state index contributed by atoms with van der Waals surface area (Å²) in [5, 5.41) is 5.80. The highest BCUT2D eigenvalue weighted by Crippen LogP contribution is 2.13. The molecule has 1 N–H and O–H groups in total. The molecule has 286 valence electrons. The molecular weight excluding hydrogens is 707 g/mol. The van der Waals surface area contributed by atoms with E-state index < -0.39 is 0 Å². The number of pyridine rings is 2. The van der Waals surface area contributed by atoms with E-state index in [0.717, 1.165) is 22.5 Å². The summed E-state index contributed by atoms with van der Waals surface area (Å²) in [6, 6.07) is 49.0. The lowest BCUT2D eigenvalue weighted by Crippen LogP contribution is -1.81. The molecule has 6 nitrogen and oxygen atoms in total. The van der Waals surface area contributed by atoms with Crippen molar-refractivity contribution < 1.29 is 4.42 Å². The van der Waals surface area contributed by atoms with Crippen LogP contribution in [0.5, 0.6) is 0 Å². The highest BCUT2D eigenvalue weighted by Gasteiger charge is 1.93. The smallest absolute Gasteiger partial charge is 0.100 e. The molecule has 10 rings (SSSR count). The summed E-state index contributed by atoms with van der Waals surface area (Å²) in [5.74, 6) is 0.968. The predicted octanol–water partition coefficient (Wildman–Crippen LogP) is 13.3. The lowest BCUT2D eigenvalue weighted by molar-refractivity contribution is 0.534. The van der Waals surface area contributed by atoms with Crippen LogP contribution >= 0.6 is 11.3 Å². The number of nitrogens with zero attached hydrogens (tertiary/aromatic N) is 4. The number of nitrogens with one attached hydrogen (secondary N) is 1. The van der Waals surface area contributed by atoms with Crippen molar-refractivity contribution in [3.63, 3.8) is 0 Å². The predicted molar refractivity (Wildman–Crippen MR) is 239 cm³/mol. The zero-order chi connectivity index (χ0) is 40.0. The number of rotatable bonds is 0. The summed E-state index contributed by atoms with van der Waals surface area (Å²) in [5.41, 5.74) is 7.00. The third-order valence-corrected chi connectivity index (χ3v) is 8.93. The summed E-state index contributed by atoms with van der Waals surface area (Å²) in [7, 11) is 4.06. The van der Waals surface area contributed by atoms with Gasteiger partial charge in [-0.25, -0.2) is 0 Å². The van der Waals surface area contributed by atoms with Crippen molar-refractivity contribution in [2.24, 2.45) is 14.1 Å². The number of fused-ring (bicyclic) bond motifs is 3. The Hall–Kier alpha value is -6.44. The van der Waals surface area contributed by atoms with Gasteiger partial charge in [-0.2, -0.15) is 0 Å². The van der Waals surface area contributed by atoms with Crippen molar-refractivity contribution in [1.82, 2.24) is 24.1 Å². The zero-order valence-corrected chi connectivity index (χ0v) is 34.3. The molecule has 0 radical (unpaired) electrons. The summed E-state index contributed by atoms with van der Waals surface area (Å²) in [6.07, 6.45) is 11.5. The van der Waals surface area contributed by atoms with Gasteiger partial charge in [0.2, 0.25) is 0 Å². The number of thiophene rings is 1. The van der Waals surface area contributed by atoms with Gasteiger partial charge in [0.25, 0.3) is 0 Å². The minimum atomic E-state index is 0.968. The topological polar surface area (TPSA) is 64.6 Å². The summed E-state index contributed by atoms with van der Waals surface area (Å²) >= 11 is 1.78. The monoisotopic (exact) mass is 759 g/mol. The molecule has 0 saturated heterocycles. The van der Waals surface area contributed by atoms with E-state index in [4.69, 9.17) is 4.42 Å². The average Bonchev–Trinajstić information content (AvgIpc) is 4.09. The fourth-order valence-electron chi connectivity index (χ4n) is 5.13. The van der Waals surface area contributed by atoms with Crippen LogP contribution in [0.2, 0.25) is 0 Å². The van der Waals surface area contributed by atoms with E-state index >= 15 is 0 Å². The van der Waals surface area contributed by atoms with Crippen molar-refractivity contribution in [2.75, 3.05) is 0 Å². The van der Waals surface area contributed by atoms with E-state index in [1.165, 1.54) is 37.8 Å². The van der Waals surface area contributed by atoms with Crippen LogP contribution in [-0.2, 0) is 14.1 Å². The van der Waals surface area contributed by atoms with Gasteiger partial charge in [0.1, 0.15) is 5.76 Å². The molecule has 7 aromatic heterocycles. The summed E-state index contributed by atoms with van der Waals surface area (Å²) in [6.45, 7) is 10.1. The van der Waals surface area contributed by atoms with E-state index in [2.05, 4.69) is 131 Å². The third kappa shape index (κ3) is 15.5. The molecule has 0 aliphatic heterocycles. The van der Waals surface area contributed by atoms with Crippen LogP contribution in [0, 0.1) is 34.6 Å². The maximum Gasteiger partial charge on any atom is 0.100 e. The molecule has 0 aliphatic carbocycles. The van der Waals surface area contributed by atoms with Crippen LogP contribution in [0.4, 0.5) is 0 Å². The Morgan fingerprint density at radius 1 is 0.589 bits per heavy atom. The molecular formula is C49H53N5OS. The average molecular weight is 760 g/mol. The number of aryl methyl sites for hydroxylation is 7. The Labute approximate surface area is 335 Å². The normalized spacial score (nSPS) is 9.70. The molecule has 7 heterocycles. The van der Waals surface area contributed by atoms with Crippen LogP contribution in [0.15, 0.2) is 193 Å². The first-order valence-corrected chi connectivity index (χ1v) is 19.4. The van der Waals surface area contributed by atoms with Gasteiger partial charge >= 0.3 is 0 Å². The van der Waals surface area contributed by atoms with Gasteiger partial charge in [0, 0.05) is 77.6 Å². The minimum Gasteiger partial charge on any atom is -0.470 e. The number of para-hydroxylation sites is 2. The maximum absolute atomic E-state index is 4.83. The number of aromatic nitrogens is 5. The second kappa shape index (κ2) is 23.4. The molecule has 56 heavy (non-hydrogen) atoms. The Morgan fingerprint density at radius 2 is 1.30 bits per heavy atom. The second-order valence-corrected chi connectivity index (χ2v) is 14.1. The zero-order valence-electron chi connectivity index (χ0n) is 33.5. The maximum atomic E-state index is 4.83. The van der Waals surface area contributed by atoms with Gasteiger partial charge in [-0.05, 0) is 130 Å². The summed E-state index contributed by atoms with van der Waals surface area (Å²) < 4.78 is 8.95. The first-order valence-electron chi connectivity index (χ1n) is 18.5. The van der Waals surface area contributed by atoms with Gasteiger partial charge in [-0.3, -0.25) is 9.97 Å². The minimum absolute atomic E-state index is 0.968. The van der Waals surface area contributed by atoms with E-state index in [1.54, 1.807) is 17.6 Å². The molecule has 3 aromatic carbocycles. The van der Waals surface area contributed by atoms with Crippen molar-refractivity contribution >= 4 is 44.0 Å². The van der Waals surface area contributed by atoms with Crippen molar-refractivity contribution in [2.45, 2.75) is 34.6 Å². The Balaban J connectivity index is 0.000000148. The van der Waals surface area contributed by atoms with Gasteiger partial charge in [-0.15, -0.1) is 11.3 Å². The highest BCUT2D eigenvalue weighted by molar-refractivity contribution is 7.09. The van der Waals surface area contributed by atoms with E-state index in [9.17, 15) is 0 Å². The molecule has 0 aliphatic rings. The summed E-state index contributed by atoms with van der Waals surface area (Å²) in [4.78, 5) is 13.0. The molecule has 0 fully saturated rings. The lowest BCUT2D eigenvalue weighted by atomic mass is 10.1. The van der Waals surface area contributed by atoms with Crippen LogP contribution in [0.1, 0.15) is 27.6 Å². The number of hydrogen-bond acceptors (Lipinski definition) is 4.